The third kappa shape index (κ3) is 3.79. The maximum atomic E-state index is 12.5. The molecular formula is C26H24N2O6. The molecule has 2 atom stereocenters. The van der Waals surface area contributed by atoms with Gasteiger partial charge in [-0.05, 0) is 55.9 Å². The van der Waals surface area contributed by atoms with Crippen LogP contribution in [0.5, 0.6) is 0 Å². The highest BCUT2D eigenvalue weighted by Crippen LogP contribution is 2.36. The van der Waals surface area contributed by atoms with E-state index in [0.29, 0.717) is 28.7 Å². The summed E-state index contributed by atoms with van der Waals surface area (Å²) < 4.78 is 5.94. The number of benzene rings is 2. The standard InChI is InChI=1S/C26H24N2O6/c29-24-19-6-1-2-7-20(19)25(30)28(24)12-4-5-16(26(31)32)13-21(27-33)15-10-11-18-17-8-3-9-22(17)34-23(18)14-15/h1-2,6-7,10-11,14,16,21H,3-5,8-9,12-13H2,(H,31,32). The topological polar surface area (TPSA) is 117 Å². The summed E-state index contributed by atoms with van der Waals surface area (Å²) in [5, 5.41) is 14.0. The van der Waals surface area contributed by atoms with Crippen LogP contribution in [0.1, 0.15) is 69.3 Å². The summed E-state index contributed by atoms with van der Waals surface area (Å²) in [5.41, 5.74) is 3.28. The van der Waals surface area contributed by atoms with E-state index < -0.39 is 17.9 Å². The van der Waals surface area contributed by atoms with Gasteiger partial charge in [-0.3, -0.25) is 19.3 Å². The van der Waals surface area contributed by atoms with Gasteiger partial charge in [-0.15, -0.1) is 0 Å². The van der Waals surface area contributed by atoms with Gasteiger partial charge in [0.1, 0.15) is 17.4 Å². The van der Waals surface area contributed by atoms with Gasteiger partial charge in [0.05, 0.1) is 17.0 Å². The Morgan fingerprint density at radius 2 is 1.82 bits per heavy atom. The monoisotopic (exact) mass is 460 g/mol. The summed E-state index contributed by atoms with van der Waals surface area (Å²) in [6.07, 6.45) is 3.52. The Morgan fingerprint density at radius 1 is 1.09 bits per heavy atom. The van der Waals surface area contributed by atoms with Crippen molar-refractivity contribution in [2.45, 2.75) is 44.6 Å². The first-order valence-corrected chi connectivity index (χ1v) is 11.5. The van der Waals surface area contributed by atoms with Gasteiger partial charge in [-0.1, -0.05) is 29.4 Å². The quantitative estimate of drug-likeness (QED) is 0.359. The molecular weight excluding hydrogens is 436 g/mol. The molecule has 8 heteroatoms. The van der Waals surface area contributed by atoms with Gasteiger partial charge in [0, 0.05) is 23.9 Å². The normalized spacial score (nSPS) is 16.5. The fraction of sp³-hybridized carbons (Fsp3) is 0.346. The molecule has 0 saturated carbocycles. The minimum absolute atomic E-state index is 0.0346. The Labute approximate surface area is 195 Å². The summed E-state index contributed by atoms with van der Waals surface area (Å²) in [4.78, 5) is 49.7. The Bertz CT molecular complexity index is 1270. The van der Waals surface area contributed by atoms with E-state index in [2.05, 4.69) is 5.18 Å². The van der Waals surface area contributed by atoms with Crippen molar-refractivity contribution >= 4 is 28.8 Å². The number of fused-ring (bicyclic) bond motifs is 4. The highest BCUT2D eigenvalue weighted by Gasteiger charge is 2.35. The second-order valence-corrected chi connectivity index (χ2v) is 8.95. The molecule has 0 radical (unpaired) electrons. The molecule has 0 fully saturated rings. The maximum absolute atomic E-state index is 12.5. The zero-order chi connectivity index (χ0) is 23.8. The first kappa shape index (κ1) is 22.0. The van der Waals surface area contributed by atoms with Crippen LogP contribution in [-0.4, -0.2) is 34.3 Å². The highest BCUT2D eigenvalue weighted by molar-refractivity contribution is 6.21. The molecule has 0 bridgehead atoms. The van der Waals surface area contributed by atoms with Gasteiger partial charge in [0.15, 0.2) is 0 Å². The van der Waals surface area contributed by atoms with Crippen LogP contribution in [0.15, 0.2) is 52.1 Å². The van der Waals surface area contributed by atoms with Crippen molar-refractivity contribution < 1.29 is 23.9 Å². The predicted octanol–water partition coefficient (Wildman–Crippen LogP) is 4.90. The van der Waals surface area contributed by atoms with E-state index in [1.54, 1.807) is 30.3 Å². The number of carboxylic acids is 1. The third-order valence-electron chi connectivity index (χ3n) is 6.91. The molecule has 0 saturated heterocycles. The molecule has 34 heavy (non-hydrogen) atoms. The maximum Gasteiger partial charge on any atom is 0.306 e. The molecule has 0 spiro atoms. The molecule has 2 heterocycles. The van der Waals surface area contributed by atoms with Crippen molar-refractivity contribution in [3.8, 4) is 0 Å². The Kier molecular flexibility index (Phi) is 5.73. The minimum Gasteiger partial charge on any atom is -0.481 e. The van der Waals surface area contributed by atoms with E-state index in [1.807, 2.05) is 12.1 Å². The van der Waals surface area contributed by atoms with Crippen molar-refractivity contribution in [3.63, 3.8) is 0 Å². The molecule has 1 aromatic heterocycles. The average Bonchev–Trinajstić information content (AvgIpc) is 3.49. The lowest BCUT2D eigenvalue weighted by molar-refractivity contribution is -0.142. The average molecular weight is 460 g/mol. The van der Waals surface area contributed by atoms with Crippen molar-refractivity contribution in [1.29, 1.82) is 0 Å². The number of carbonyl (C=O) groups is 3. The van der Waals surface area contributed by atoms with E-state index in [1.165, 1.54) is 5.56 Å². The molecule has 1 aliphatic heterocycles. The van der Waals surface area contributed by atoms with E-state index in [4.69, 9.17) is 4.42 Å². The van der Waals surface area contributed by atoms with Crippen molar-refractivity contribution in [2.24, 2.45) is 11.1 Å². The van der Waals surface area contributed by atoms with Gasteiger partial charge in [0.25, 0.3) is 11.8 Å². The van der Waals surface area contributed by atoms with Crippen LogP contribution in [0, 0.1) is 10.8 Å². The van der Waals surface area contributed by atoms with E-state index in [9.17, 15) is 24.4 Å². The summed E-state index contributed by atoms with van der Waals surface area (Å²) in [5.74, 6) is -1.61. The SMILES string of the molecule is O=NC(CC(CCCN1C(=O)c2ccccc2C1=O)C(=O)O)c1ccc2c3c(oc2c1)CCC3. The number of carboxylic acid groups (broad SMARTS) is 1. The molecule has 2 aromatic carbocycles. The molecule has 2 unspecified atom stereocenters. The molecule has 174 valence electrons. The number of hydrogen-bond donors (Lipinski definition) is 1. The van der Waals surface area contributed by atoms with Gasteiger partial charge in [-0.2, -0.15) is 4.91 Å². The number of furan rings is 1. The number of amides is 2. The summed E-state index contributed by atoms with van der Waals surface area (Å²) in [7, 11) is 0. The molecule has 2 aliphatic rings. The number of carbonyl (C=O) groups excluding carboxylic acids is 2. The van der Waals surface area contributed by atoms with Gasteiger partial charge >= 0.3 is 5.97 Å². The van der Waals surface area contributed by atoms with Gasteiger partial charge in [0.2, 0.25) is 0 Å². The van der Waals surface area contributed by atoms with Crippen LogP contribution in [-0.2, 0) is 17.6 Å². The fourth-order valence-electron chi connectivity index (χ4n) is 5.12. The number of aliphatic carboxylic acids is 1. The van der Waals surface area contributed by atoms with Crippen molar-refractivity contribution in [2.75, 3.05) is 6.54 Å². The van der Waals surface area contributed by atoms with Gasteiger partial charge < -0.3 is 9.52 Å². The lowest BCUT2D eigenvalue weighted by Crippen LogP contribution is -2.31. The van der Waals surface area contributed by atoms with Crippen molar-refractivity contribution in [3.05, 3.63) is 75.4 Å². The first-order chi connectivity index (χ1) is 16.5. The Morgan fingerprint density at radius 3 is 2.50 bits per heavy atom. The zero-order valence-electron chi connectivity index (χ0n) is 18.5. The second kappa shape index (κ2) is 8.85. The zero-order valence-corrected chi connectivity index (χ0v) is 18.5. The van der Waals surface area contributed by atoms with Crippen LogP contribution in [0.2, 0.25) is 0 Å². The number of rotatable bonds is 9. The number of imide groups is 1. The van der Waals surface area contributed by atoms with Crippen LogP contribution >= 0.6 is 0 Å². The van der Waals surface area contributed by atoms with E-state index >= 15 is 0 Å². The molecule has 2 amide bonds. The van der Waals surface area contributed by atoms with E-state index in [0.717, 1.165) is 35.3 Å². The predicted molar refractivity (Wildman–Crippen MR) is 124 cm³/mol. The van der Waals surface area contributed by atoms with Crippen LogP contribution < -0.4 is 0 Å². The van der Waals surface area contributed by atoms with Crippen LogP contribution in [0.25, 0.3) is 11.0 Å². The van der Waals surface area contributed by atoms with E-state index in [-0.39, 0.29) is 31.2 Å². The summed E-state index contributed by atoms with van der Waals surface area (Å²) in [6.45, 7) is 0.124. The smallest absolute Gasteiger partial charge is 0.306 e. The number of aryl methyl sites for hydroxylation is 2. The Hall–Kier alpha value is -3.81. The minimum atomic E-state index is -1.03. The number of nitrogens with zero attached hydrogens (tertiary/aromatic N) is 2. The lowest BCUT2D eigenvalue weighted by Gasteiger charge is -2.18. The first-order valence-electron chi connectivity index (χ1n) is 11.5. The highest BCUT2D eigenvalue weighted by atomic mass is 16.4. The lowest BCUT2D eigenvalue weighted by atomic mass is 9.91. The molecule has 8 nitrogen and oxygen atoms in total. The van der Waals surface area contributed by atoms with Gasteiger partial charge in [-0.25, -0.2) is 0 Å². The van der Waals surface area contributed by atoms with Crippen molar-refractivity contribution in [1.82, 2.24) is 4.90 Å². The Balaban J connectivity index is 1.25. The molecule has 5 rings (SSSR count). The second-order valence-electron chi connectivity index (χ2n) is 8.95. The van der Waals surface area contributed by atoms with Crippen LogP contribution in [0.3, 0.4) is 0 Å². The summed E-state index contributed by atoms with van der Waals surface area (Å²) in [6, 6.07) is 11.3. The number of hydrogen-bond acceptors (Lipinski definition) is 6. The molecule has 1 aliphatic carbocycles. The van der Waals surface area contributed by atoms with Crippen LogP contribution in [0.4, 0.5) is 0 Å². The third-order valence-corrected chi connectivity index (χ3v) is 6.91. The molecule has 1 N–H and O–H groups in total. The molecule has 3 aromatic rings. The summed E-state index contributed by atoms with van der Waals surface area (Å²) >= 11 is 0. The number of nitroso groups, excluding NO2 is 1. The fourth-order valence-corrected chi connectivity index (χ4v) is 5.12. The largest absolute Gasteiger partial charge is 0.481 e.